The molecule has 0 bridgehead atoms. The van der Waals surface area contributed by atoms with Crippen molar-refractivity contribution in [3.63, 3.8) is 0 Å². The molecule has 2 atom stereocenters. The molecule has 1 fully saturated rings. The van der Waals surface area contributed by atoms with Crippen LogP contribution in [0.4, 0.5) is 9.93 Å². The summed E-state index contributed by atoms with van der Waals surface area (Å²) in [4.78, 5) is 18.2. The van der Waals surface area contributed by atoms with Crippen LogP contribution in [0.25, 0.3) is 0 Å². The number of amides is 1. The minimum atomic E-state index is -0.444. The topological polar surface area (TPSA) is 68.5 Å². The number of hydrogen-bond donors (Lipinski definition) is 1. The van der Waals surface area contributed by atoms with Crippen LogP contribution in [-0.2, 0) is 4.74 Å². The first-order valence-corrected chi connectivity index (χ1v) is 7.83. The summed E-state index contributed by atoms with van der Waals surface area (Å²) < 4.78 is 5.42. The van der Waals surface area contributed by atoms with Gasteiger partial charge in [0.1, 0.15) is 5.60 Å². The molecule has 112 valence electrons. The minimum Gasteiger partial charge on any atom is -0.444 e. The lowest BCUT2D eigenvalue weighted by molar-refractivity contribution is 0.0154. The lowest BCUT2D eigenvalue weighted by atomic mass is 9.85. The van der Waals surface area contributed by atoms with Gasteiger partial charge in [0, 0.05) is 24.4 Å². The summed E-state index contributed by atoms with van der Waals surface area (Å²) in [6.45, 7) is 9.23. The SMILES string of the molecule is CC1CN(C(=O)OC(C)(C)C)CCC1c1csc(N)n1. The molecule has 1 saturated heterocycles. The molecule has 2 N–H and O–H groups in total. The number of thiazole rings is 1. The second-order valence-electron chi connectivity index (χ2n) is 6.41. The fourth-order valence-electron chi connectivity index (χ4n) is 2.55. The van der Waals surface area contributed by atoms with Gasteiger partial charge in [0.05, 0.1) is 5.69 Å². The number of likely N-dealkylation sites (tertiary alicyclic amines) is 1. The van der Waals surface area contributed by atoms with E-state index in [9.17, 15) is 4.79 Å². The van der Waals surface area contributed by atoms with Crippen molar-refractivity contribution in [2.24, 2.45) is 5.92 Å². The smallest absolute Gasteiger partial charge is 0.410 e. The number of ether oxygens (including phenoxy) is 1. The van der Waals surface area contributed by atoms with Gasteiger partial charge in [-0.05, 0) is 33.1 Å². The molecule has 20 heavy (non-hydrogen) atoms. The van der Waals surface area contributed by atoms with Gasteiger partial charge < -0.3 is 15.4 Å². The zero-order valence-corrected chi connectivity index (χ0v) is 13.4. The van der Waals surface area contributed by atoms with Gasteiger partial charge in [-0.25, -0.2) is 9.78 Å². The molecular weight excluding hydrogens is 274 g/mol. The van der Waals surface area contributed by atoms with Crippen molar-refractivity contribution in [2.75, 3.05) is 18.8 Å². The first kappa shape index (κ1) is 15.1. The molecule has 2 heterocycles. The van der Waals surface area contributed by atoms with E-state index in [0.29, 0.717) is 30.1 Å². The van der Waals surface area contributed by atoms with Gasteiger partial charge >= 0.3 is 6.09 Å². The number of nitrogens with zero attached hydrogens (tertiary/aromatic N) is 2. The van der Waals surface area contributed by atoms with Gasteiger partial charge in [-0.2, -0.15) is 0 Å². The Bertz CT molecular complexity index is 481. The molecular formula is C14H23N3O2S. The minimum absolute atomic E-state index is 0.222. The lowest BCUT2D eigenvalue weighted by Crippen LogP contribution is -2.44. The van der Waals surface area contributed by atoms with E-state index in [0.717, 1.165) is 12.1 Å². The molecule has 2 unspecified atom stereocenters. The quantitative estimate of drug-likeness (QED) is 0.865. The van der Waals surface area contributed by atoms with Crippen molar-refractivity contribution in [3.05, 3.63) is 11.1 Å². The predicted molar refractivity (Wildman–Crippen MR) is 80.9 cm³/mol. The van der Waals surface area contributed by atoms with Crippen LogP contribution in [0.1, 0.15) is 45.7 Å². The Morgan fingerprint density at radius 3 is 2.75 bits per heavy atom. The van der Waals surface area contributed by atoms with Crippen LogP contribution >= 0.6 is 11.3 Å². The normalized spacial score (nSPS) is 23.7. The highest BCUT2D eigenvalue weighted by molar-refractivity contribution is 7.13. The number of carbonyl (C=O) groups is 1. The summed E-state index contributed by atoms with van der Waals surface area (Å²) in [5, 5.41) is 2.64. The number of aromatic nitrogens is 1. The van der Waals surface area contributed by atoms with E-state index < -0.39 is 5.60 Å². The van der Waals surface area contributed by atoms with Crippen LogP contribution in [0, 0.1) is 5.92 Å². The molecule has 0 aromatic carbocycles. The van der Waals surface area contributed by atoms with Crippen LogP contribution < -0.4 is 5.73 Å². The summed E-state index contributed by atoms with van der Waals surface area (Å²) in [6.07, 6.45) is 0.685. The van der Waals surface area contributed by atoms with E-state index in [1.54, 1.807) is 4.90 Å². The van der Waals surface area contributed by atoms with Crippen LogP contribution in [0.3, 0.4) is 0 Å². The number of anilines is 1. The second kappa shape index (κ2) is 5.60. The number of piperidine rings is 1. The van der Waals surface area contributed by atoms with Crippen LogP contribution in [0.15, 0.2) is 5.38 Å². The Kier molecular flexibility index (Phi) is 4.22. The van der Waals surface area contributed by atoms with E-state index in [4.69, 9.17) is 10.5 Å². The lowest BCUT2D eigenvalue weighted by Gasteiger charge is -2.37. The van der Waals surface area contributed by atoms with Crippen LogP contribution in [0.5, 0.6) is 0 Å². The van der Waals surface area contributed by atoms with E-state index in [1.165, 1.54) is 11.3 Å². The molecule has 1 amide bonds. The molecule has 1 aromatic heterocycles. The third-order valence-electron chi connectivity index (χ3n) is 3.48. The second-order valence-corrected chi connectivity index (χ2v) is 7.30. The van der Waals surface area contributed by atoms with Crippen LogP contribution in [-0.4, -0.2) is 34.7 Å². The molecule has 0 aliphatic carbocycles. The number of nitrogens with two attached hydrogens (primary N) is 1. The Hall–Kier alpha value is -1.30. The monoisotopic (exact) mass is 297 g/mol. The first-order valence-electron chi connectivity index (χ1n) is 6.95. The summed E-state index contributed by atoms with van der Waals surface area (Å²) >= 11 is 1.48. The van der Waals surface area contributed by atoms with Gasteiger partial charge in [0.25, 0.3) is 0 Å². The molecule has 6 heteroatoms. The molecule has 0 saturated carbocycles. The molecule has 1 aliphatic rings. The van der Waals surface area contributed by atoms with Gasteiger partial charge in [0.2, 0.25) is 0 Å². The fourth-order valence-corrected chi connectivity index (χ4v) is 3.18. The highest BCUT2D eigenvalue weighted by Crippen LogP contribution is 2.34. The first-order chi connectivity index (χ1) is 9.26. The van der Waals surface area contributed by atoms with Gasteiger partial charge in [-0.15, -0.1) is 11.3 Å². The predicted octanol–water partition coefficient (Wildman–Crippen LogP) is 3.09. The van der Waals surface area contributed by atoms with Crippen molar-refractivity contribution in [1.82, 2.24) is 9.88 Å². The zero-order chi connectivity index (χ0) is 14.9. The summed E-state index contributed by atoms with van der Waals surface area (Å²) in [5.74, 6) is 0.736. The van der Waals surface area contributed by atoms with Gasteiger partial charge in [-0.3, -0.25) is 0 Å². The van der Waals surface area contributed by atoms with Gasteiger partial charge in [-0.1, -0.05) is 6.92 Å². The largest absolute Gasteiger partial charge is 0.444 e. The highest BCUT2D eigenvalue weighted by atomic mass is 32.1. The van der Waals surface area contributed by atoms with Crippen molar-refractivity contribution < 1.29 is 9.53 Å². The van der Waals surface area contributed by atoms with E-state index in [-0.39, 0.29) is 6.09 Å². The molecule has 1 aliphatic heterocycles. The van der Waals surface area contributed by atoms with Gasteiger partial charge in [0.15, 0.2) is 5.13 Å². The number of nitrogen functional groups attached to an aromatic ring is 1. The molecule has 5 nitrogen and oxygen atoms in total. The highest BCUT2D eigenvalue weighted by Gasteiger charge is 2.32. The third-order valence-corrected chi connectivity index (χ3v) is 4.17. The summed E-state index contributed by atoms with van der Waals surface area (Å²) in [5.41, 5.74) is 6.31. The average Bonchev–Trinajstić information content (AvgIpc) is 2.73. The van der Waals surface area contributed by atoms with Crippen molar-refractivity contribution in [3.8, 4) is 0 Å². The van der Waals surface area contributed by atoms with E-state index in [1.807, 2.05) is 26.2 Å². The van der Waals surface area contributed by atoms with Crippen molar-refractivity contribution in [2.45, 2.75) is 45.6 Å². The fraction of sp³-hybridized carbons (Fsp3) is 0.714. The number of carbonyl (C=O) groups excluding carboxylic acids is 1. The van der Waals surface area contributed by atoms with Crippen molar-refractivity contribution in [1.29, 1.82) is 0 Å². The maximum atomic E-state index is 12.1. The van der Waals surface area contributed by atoms with E-state index in [2.05, 4.69) is 11.9 Å². The Labute approximate surface area is 124 Å². The summed E-state index contributed by atoms with van der Waals surface area (Å²) in [6, 6.07) is 0. The molecule has 0 radical (unpaired) electrons. The average molecular weight is 297 g/mol. The number of hydrogen-bond acceptors (Lipinski definition) is 5. The molecule has 0 spiro atoms. The maximum Gasteiger partial charge on any atom is 0.410 e. The standard InChI is InChI=1S/C14H23N3O2S/c1-9-7-17(13(18)19-14(2,3)4)6-5-10(9)11-8-20-12(15)16-11/h8-10H,5-7H2,1-4H3,(H2,15,16). The van der Waals surface area contributed by atoms with Crippen molar-refractivity contribution >= 4 is 22.6 Å². The number of rotatable bonds is 1. The summed E-state index contributed by atoms with van der Waals surface area (Å²) in [7, 11) is 0. The third kappa shape index (κ3) is 3.62. The Morgan fingerprint density at radius 1 is 1.55 bits per heavy atom. The molecule has 2 rings (SSSR count). The zero-order valence-electron chi connectivity index (χ0n) is 12.5. The van der Waals surface area contributed by atoms with E-state index >= 15 is 0 Å². The molecule has 1 aromatic rings. The van der Waals surface area contributed by atoms with Crippen LogP contribution in [0.2, 0.25) is 0 Å². The Balaban J connectivity index is 1.97. The Morgan fingerprint density at radius 2 is 2.25 bits per heavy atom. The maximum absolute atomic E-state index is 12.1.